The van der Waals surface area contributed by atoms with Crippen LogP contribution in [-0.2, 0) is 11.4 Å². The zero-order chi connectivity index (χ0) is 21.7. The number of carbonyl (C=O) groups is 2. The van der Waals surface area contributed by atoms with Crippen LogP contribution in [0.4, 0.5) is 4.79 Å². The lowest BCUT2D eigenvalue weighted by Crippen LogP contribution is -2.35. The Balaban J connectivity index is 1.80. The van der Waals surface area contributed by atoms with Crippen molar-refractivity contribution in [3.05, 3.63) is 78.4 Å². The molecule has 150 valence electrons. The second-order valence-electron chi connectivity index (χ2n) is 6.27. The molecule has 0 aliphatic carbocycles. The van der Waals surface area contributed by atoms with Crippen LogP contribution in [0, 0.1) is 18.5 Å². The number of nitriles is 1. The van der Waals surface area contributed by atoms with Gasteiger partial charge in [0.25, 0.3) is 5.91 Å². The lowest BCUT2D eigenvalue weighted by Gasteiger charge is -2.12. The number of nitrogens with two attached hydrogens (primary N) is 1. The lowest BCUT2D eigenvalue weighted by atomic mass is 10.1. The van der Waals surface area contributed by atoms with Gasteiger partial charge >= 0.3 is 6.03 Å². The Morgan fingerprint density at radius 1 is 1.07 bits per heavy atom. The van der Waals surface area contributed by atoms with Crippen LogP contribution in [0.5, 0.6) is 5.75 Å². The molecule has 8 heteroatoms. The molecule has 0 atom stereocenters. The second kappa shape index (κ2) is 9.90. The molecule has 0 saturated carbocycles. The summed E-state index contributed by atoms with van der Waals surface area (Å²) in [7, 11) is 0. The van der Waals surface area contributed by atoms with Crippen LogP contribution in [-0.4, -0.2) is 11.9 Å². The van der Waals surface area contributed by atoms with Gasteiger partial charge < -0.3 is 10.5 Å². The normalized spacial score (nSPS) is 11.0. The van der Waals surface area contributed by atoms with E-state index in [1.807, 2.05) is 23.5 Å². The molecular weight excluding hydrogens is 608 g/mol. The first-order valence-corrected chi connectivity index (χ1v) is 10.8. The van der Waals surface area contributed by atoms with Gasteiger partial charge in [-0.2, -0.15) is 5.26 Å². The minimum absolute atomic E-state index is 0.217. The summed E-state index contributed by atoms with van der Waals surface area (Å²) in [5.41, 5.74) is 6.41. The number of amides is 3. The highest BCUT2D eigenvalue weighted by atomic mass is 127. The van der Waals surface area contributed by atoms with Gasteiger partial charge in [0.05, 0.1) is 7.14 Å². The summed E-state index contributed by atoms with van der Waals surface area (Å²) in [6.45, 7) is 0.413. The monoisotopic (exact) mass is 623 g/mol. The smallest absolute Gasteiger partial charge is 0.319 e. The highest BCUT2D eigenvalue weighted by Gasteiger charge is 2.13. The Morgan fingerprint density at radius 3 is 2.37 bits per heavy atom. The number of hydrogen-bond donors (Lipinski definition) is 2. The molecule has 0 heterocycles. The van der Waals surface area contributed by atoms with Gasteiger partial charge in [0.1, 0.15) is 24.0 Å². The molecule has 6 nitrogen and oxygen atoms in total. The Morgan fingerprint density at radius 2 is 1.73 bits per heavy atom. The maximum absolute atomic E-state index is 11.8. The number of carbonyl (C=O) groups excluding carboxylic acids is 2. The summed E-state index contributed by atoms with van der Waals surface area (Å²) in [5, 5.41) is 13.4. The molecule has 30 heavy (non-hydrogen) atoms. The Hall–Kier alpha value is -2.65. The first kappa shape index (κ1) is 22.0. The van der Waals surface area contributed by atoms with Crippen molar-refractivity contribution in [1.29, 1.82) is 5.26 Å². The van der Waals surface area contributed by atoms with E-state index in [0.717, 1.165) is 23.8 Å². The number of rotatable bonds is 5. The quantitative estimate of drug-likeness (QED) is 0.244. The van der Waals surface area contributed by atoms with Crippen molar-refractivity contribution in [2.24, 2.45) is 5.73 Å². The molecule has 3 amide bonds. The fourth-order valence-electron chi connectivity index (χ4n) is 2.78. The van der Waals surface area contributed by atoms with E-state index < -0.39 is 11.9 Å². The van der Waals surface area contributed by atoms with Gasteiger partial charge in [0.15, 0.2) is 0 Å². The van der Waals surface area contributed by atoms with E-state index in [-0.39, 0.29) is 5.57 Å². The van der Waals surface area contributed by atoms with Crippen LogP contribution in [0.15, 0.2) is 60.2 Å². The van der Waals surface area contributed by atoms with Gasteiger partial charge in [0.2, 0.25) is 0 Å². The largest absolute Gasteiger partial charge is 0.487 e. The Bertz CT molecular complexity index is 1190. The van der Waals surface area contributed by atoms with Crippen LogP contribution in [0.2, 0.25) is 0 Å². The number of hydrogen-bond acceptors (Lipinski definition) is 4. The van der Waals surface area contributed by atoms with E-state index in [2.05, 4.69) is 69.4 Å². The van der Waals surface area contributed by atoms with E-state index in [0.29, 0.717) is 12.2 Å². The number of nitrogens with one attached hydrogen (secondary N) is 1. The minimum atomic E-state index is -1.01. The third-order valence-electron chi connectivity index (χ3n) is 4.13. The first-order chi connectivity index (χ1) is 14.4. The molecule has 3 aromatic rings. The van der Waals surface area contributed by atoms with Gasteiger partial charge in [-0.1, -0.05) is 36.4 Å². The van der Waals surface area contributed by atoms with Gasteiger partial charge in [-0.25, -0.2) is 4.79 Å². The fourth-order valence-corrected chi connectivity index (χ4v) is 4.91. The third kappa shape index (κ3) is 5.48. The van der Waals surface area contributed by atoms with E-state index in [9.17, 15) is 14.9 Å². The molecule has 3 N–H and O–H groups in total. The highest BCUT2D eigenvalue weighted by Crippen LogP contribution is 2.31. The molecule has 3 aromatic carbocycles. The maximum atomic E-state index is 11.8. The number of halogens is 2. The van der Waals surface area contributed by atoms with E-state index in [1.54, 1.807) is 18.2 Å². The van der Waals surface area contributed by atoms with Crippen molar-refractivity contribution < 1.29 is 14.3 Å². The van der Waals surface area contributed by atoms with Gasteiger partial charge in [-0.05, 0) is 91.4 Å². The number of imide groups is 1. The molecule has 3 rings (SSSR count). The van der Waals surface area contributed by atoms with Crippen LogP contribution in [0.3, 0.4) is 0 Å². The van der Waals surface area contributed by atoms with Crippen molar-refractivity contribution in [3.8, 4) is 11.8 Å². The minimum Gasteiger partial charge on any atom is -0.487 e. The number of ether oxygens (including phenoxy) is 1. The second-order valence-corrected chi connectivity index (χ2v) is 8.60. The average Bonchev–Trinajstić information content (AvgIpc) is 2.70. The molecule has 0 bridgehead atoms. The molecular formula is C22H15I2N3O3. The molecule has 0 aliphatic heterocycles. The average molecular weight is 623 g/mol. The molecule has 0 radical (unpaired) electrons. The van der Waals surface area contributed by atoms with Crippen LogP contribution < -0.4 is 15.8 Å². The van der Waals surface area contributed by atoms with E-state index >= 15 is 0 Å². The van der Waals surface area contributed by atoms with Crippen LogP contribution >= 0.6 is 45.2 Å². The summed E-state index contributed by atoms with van der Waals surface area (Å²) in [6, 6.07) is 18.7. The fraction of sp³-hybridized carbons (Fsp3) is 0.0455. The maximum Gasteiger partial charge on any atom is 0.319 e. The molecule has 0 saturated heterocycles. The summed E-state index contributed by atoms with van der Waals surface area (Å²) >= 11 is 4.30. The Kier molecular flexibility index (Phi) is 7.28. The zero-order valence-electron chi connectivity index (χ0n) is 15.5. The SMILES string of the molecule is N#C/C(=C/c1cc(I)c(OCc2ccc3ccccc3c2)c(I)c1)C(=O)NC(N)=O. The molecule has 0 spiro atoms. The predicted octanol–water partition coefficient (Wildman–Crippen LogP) is 4.73. The predicted molar refractivity (Wildman–Crippen MR) is 131 cm³/mol. The number of nitrogens with zero attached hydrogens (tertiary/aromatic N) is 1. The number of urea groups is 1. The topological polar surface area (TPSA) is 105 Å². The van der Waals surface area contributed by atoms with Crippen LogP contribution in [0.1, 0.15) is 11.1 Å². The standard InChI is InChI=1S/C22H15I2N3O3/c23-18-9-14(8-17(11-25)21(28)27-22(26)29)10-19(24)20(18)30-12-13-5-6-15-3-1-2-4-16(15)7-13/h1-10H,12H2,(H3,26,27,28,29)/b17-8-. The number of primary amides is 1. The summed E-state index contributed by atoms with van der Waals surface area (Å²) in [6.07, 6.45) is 1.40. The Labute approximate surface area is 200 Å². The van der Waals surface area contributed by atoms with Gasteiger partial charge in [-0.3, -0.25) is 10.1 Å². The number of fused-ring (bicyclic) bond motifs is 1. The van der Waals surface area contributed by atoms with Crippen molar-refractivity contribution in [2.75, 3.05) is 0 Å². The zero-order valence-corrected chi connectivity index (χ0v) is 19.8. The molecule has 0 aliphatic rings. The first-order valence-electron chi connectivity index (χ1n) is 8.69. The third-order valence-corrected chi connectivity index (χ3v) is 5.73. The lowest BCUT2D eigenvalue weighted by molar-refractivity contribution is -0.115. The summed E-state index contributed by atoms with van der Waals surface area (Å²) in [5.74, 6) is -0.117. The molecule has 0 fully saturated rings. The van der Waals surface area contributed by atoms with Crippen molar-refractivity contribution in [1.82, 2.24) is 5.32 Å². The van der Waals surface area contributed by atoms with Gasteiger partial charge in [-0.15, -0.1) is 0 Å². The summed E-state index contributed by atoms with van der Waals surface area (Å²) < 4.78 is 7.71. The molecule has 0 aromatic heterocycles. The molecule has 0 unspecified atom stereocenters. The van der Waals surface area contributed by atoms with E-state index in [1.165, 1.54) is 11.5 Å². The van der Waals surface area contributed by atoms with Crippen molar-refractivity contribution in [3.63, 3.8) is 0 Å². The van der Waals surface area contributed by atoms with Crippen LogP contribution in [0.25, 0.3) is 16.8 Å². The van der Waals surface area contributed by atoms with Crippen molar-refractivity contribution in [2.45, 2.75) is 6.61 Å². The van der Waals surface area contributed by atoms with Crippen molar-refractivity contribution >= 4 is 74.0 Å². The van der Waals surface area contributed by atoms with Gasteiger partial charge in [0, 0.05) is 0 Å². The highest BCUT2D eigenvalue weighted by molar-refractivity contribution is 14.1. The number of benzene rings is 3. The van der Waals surface area contributed by atoms with E-state index in [4.69, 9.17) is 10.5 Å². The summed E-state index contributed by atoms with van der Waals surface area (Å²) in [4.78, 5) is 22.7.